The molecule has 1 atom stereocenters. The van der Waals surface area contributed by atoms with Gasteiger partial charge in [0.2, 0.25) is 0 Å². The molecule has 0 aliphatic carbocycles. The third kappa shape index (κ3) is 2.70. The summed E-state index contributed by atoms with van der Waals surface area (Å²) in [6.45, 7) is 5.79. The van der Waals surface area contributed by atoms with Crippen LogP contribution in [0.1, 0.15) is 41.3 Å². The minimum atomic E-state index is 0.349. The molecule has 0 amide bonds. The van der Waals surface area contributed by atoms with Crippen LogP contribution in [0, 0.1) is 13.8 Å². The van der Waals surface area contributed by atoms with Crippen molar-refractivity contribution in [1.29, 1.82) is 0 Å². The lowest BCUT2D eigenvalue weighted by Gasteiger charge is -2.18. The summed E-state index contributed by atoms with van der Waals surface area (Å²) in [5.41, 5.74) is 4.87. The number of nitrogens with one attached hydrogen (secondary N) is 2. The smallest absolute Gasteiger partial charge is 0.124 e. The van der Waals surface area contributed by atoms with E-state index in [-0.39, 0.29) is 0 Å². The van der Waals surface area contributed by atoms with E-state index in [4.69, 9.17) is 4.74 Å². The predicted octanol–water partition coefficient (Wildman–Crippen LogP) is 3.03. The highest BCUT2D eigenvalue weighted by molar-refractivity contribution is 5.40. The second-order valence-electron chi connectivity index (χ2n) is 5.49. The van der Waals surface area contributed by atoms with E-state index in [2.05, 4.69) is 47.6 Å². The molecule has 20 heavy (non-hydrogen) atoms. The molecule has 1 aromatic carbocycles. The Bertz CT molecular complexity index is 591. The van der Waals surface area contributed by atoms with Crippen molar-refractivity contribution in [1.82, 2.24) is 15.5 Å². The Hall–Kier alpha value is -1.81. The molecule has 1 aliphatic rings. The van der Waals surface area contributed by atoms with Gasteiger partial charge in [0.25, 0.3) is 0 Å². The first-order chi connectivity index (χ1) is 9.74. The van der Waals surface area contributed by atoms with E-state index in [1.165, 1.54) is 16.7 Å². The molecule has 0 fully saturated rings. The molecule has 2 N–H and O–H groups in total. The molecule has 0 radical (unpaired) electrons. The summed E-state index contributed by atoms with van der Waals surface area (Å²) in [6.07, 6.45) is 4.08. The van der Waals surface area contributed by atoms with Gasteiger partial charge in [0.1, 0.15) is 5.75 Å². The van der Waals surface area contributed by atoms with Gasteiger partial charge in [-0.3, -0.25) is 5.10 Å². The molecule has 0 saturated heterocycles. The zero-order valence-corrected chi connectivity index (χ0v) is 12.1. The van der Waals surface area contributed by atoms with E-state index >= 15 is 0 Å². The van der Waals surface area contributed by atoms with Gasteiger partial charge in [-0.15, -0.1) is 0 Å². The molecule has 2 aromatic rings. The summed E-state index contributed by atoms with van der Waals surface area (Å²) in [6, 6.07) is 6.84. The summed E-state index contributed by atoms with van der Waals surface area (Å²) in [5.74, 6) is 1.03. The van der Waals surface area contributed by atoms with Crippen LogP contribution in [-0.2, 0) is 6.54 Å². The minimum Gasteiger partial charge on any atom is -0.493 e. The first kappa shape index (κ1) is 13.2. The van der Waals surface area contributed by atoms with Gasteiger partial charge in [-0.05, 0) is 38.3 Å². The molecule has 1 unspecified atom stereocenters. The maximum atomic E-state index is 5.86. The van der Waals surface area contributed by atoms with Crippen molar-refractivity contribution in [3.05, 3.63) is 46.8 Å². The number of hydrogen-bond acceptors (Lipinski definition) is 3. The predicted molar refractivity (Wildman–Crippen MR) is 78.8 cm³/mol. The van der Waals surface area contributed by atoms with Crippen LogP contribution in [0.4, 0.5) is 0 Å². The van der Waals surface area contributed by atoms with Crippen molar-refractivity contribution < 1.29 is 4.74 Å². The SMILES string of the molecule is Cc1ccc2c(c1)OCCCC2NCc1cn[nH]c1C. The Morgan fingerprint density at radius 2 is 2.30 bits per heavy atom. The maximum absolute atomic E-state index is 5.86. The van der Waals surface area contributed by atoms with Gasteiger partial charge in [0.15, 0.2) is 0 Å². The van der Waals surface area contributed by atoms with Gasteiger partial charge in [-0.1, -0.05) is 12.1 Å². The number of fused-ring (bicyclic) bond motifs is 1. The van der Waals surface area contributed by atoms with Gasteiger partial charge in [-0.2, -0.15) is 5.10 Å². The Morgan fingerprint density at radius 3 is 3.10 bits per heavy atom. The highest BCUT2D eigenvalue weighted by Crippen LogP contribution is 2.32. The minimum absolute atomic E-state index is 0.349. The summed E-state index contributed by atoms with van der Waals surface area (Å²) in [4.78, 5) is 0. The lowest BCUT2D eigenvalue weighted by atomic mass is 10.0. The van der Waals surface area contributed by atoms with Crippen LogP contribution in [0.15, 0.2) is 24.4 Å². The second kappa shape index (κ2) is 5.67. The van der Waals surface area contributed by atoms with E-state index in [1.54, 1.807) is 0 Å². The summed E-state index contributed by atoms with van der Waals surface area (Å²) in [7, 11) is 0. The Labute approximate surface area is 119 Å². The number of nitrogens with zero attached hydrogens (tertiary/aromatic N) is 1. The van der Waals surface area contributed by atoms with Crippen LogP contribution in [0.25, 0.3) is 0 Å². The van der Waals surface area contributed by atoms with E-state index in [0.29, 0.717) is 6.04 Å². The second-order valence-corrected chi connectivity index (χ2v) is 5.49. The number of benzene rings is 1. The van der Waals surface area contributed by atoms with Crippen molar-refractivity contribution in [2.45, 2.75) is 39.3 Å². The molecule has 106 valence electrons. The zero-order chi connectivity index (χ0) is 13.9. The normalized spacial score (nSPS) is 18.2. The fourth-order valence-electron chi connectivity index (χ4n) is 2.68. The molecular formula is C16H21N3O. The molecule has 0 saturated carbocycles. The molecule has 4 heteroatoms. The molecule has 1 aliphatic heterocycles. The van der Waals surface area contributed by atoms with Crippen LogP contribution in [0.3, 0.4) is 0 Å². The number of rotatable bonds is 3. The number of hydrogen-bond donors (Lipinski definition) is 2. The monoisotopic (exact) mass is 271 g/mol. The molecular weight excluding hydrogens is 250 g/mol. The lowest BCUT2D eigenvalue weighted by Crippen LogP contribution is -2.20. The van der Waals surface area contributed by atoms with E-state index in [0.717, 1.165) is 37.4 Å². The van der Waals surface area contributed by atoms with Crippen LogP contribution in [0.5, 0.6) is 5.75 Å². The van der Waals surface area contributed by atoms with Crippen LogP contribution >= 0.6 is 0 Å². The van der Waals surface area contributed by atoms with Gasteiger partial charge >= 0.3 is 0 Å². The van der Waals surface area contributed by atoms with Crippen LogP contribution in [-0.4, -0.2) is 16.8 Å². The van der Waals surface area contributed by atoms with Crippen molar-refractivity contribution >= 4 is 0 Å². The molecule has 0 spiro atoms. The third-order valence-electron chi connectivity index (χ3n) is 3.91. The first-order valence-electron chi connectivity index (χ1n) is 7.19. The van der Waals surface area contributed by atoms with Crippen molar-refractivity contribution in [2.75, 3.05) is 6.61 Å². The summed E-state index contributed by atoms with van der Waals surface area (Å²) < 4.78 is 5.86. The number of aromatic nitrogens is 2. The fourth-order valence-corrected chi connectivity index (χ4v) is 2.68. The Kier molecular flexibility index (Phi) is 3.74. The highest BCUT2D eigenvalue weighted by Gasteiger charge is 2.19. The van der Waals surface area contributed by atoms with Crippen LogP contribution in [0.2, 0.25) is 0 Å². The largest absolute Gasteiger partial charge is 0.493 e. The van der Waals surface area contributed by atoms with E-state index in [1.807, 2.05) is 6.20 Å². The van der Waals surface area contributed by atoms with Crippen molar-refractivity contribution in [3.63, 3.8) is 0 Å². The Morgan fingerprint density at radius 1 is 1.40 bits per heavy atom. The average molecular weight is 271 g/mol. The Balaban J connectivity index is 1.78. The number of aromatic amines is 1. The molecule has 3 rings (SSSR count). The number of ether oxygens (including phenoxy) is 1. The first-order valence-corrected chi connectivity index (χ1v) is 7.19. The summed E-state index contributed by atoms with van der Waals surface area (Å²) >= 11 is 0. The van der Waals surface area contributed by atoms with Crippen LogP contribution < -0.4 is 10.1 Å². The molecule has 4 nitrogen and oxygen atoms in total. The lowest BCUT2D eigenvalue weighted by molar-refractivity contribution is 0.315. The van der Waals surface area contributed by atoms with Gasteiger partial charge < -0.3 is 10.1 Å². The highest BCUT2D eigenvalue weighted by atomic mass is 16.5. The quantitative estimate of drug-likeness (QED) is 0.902. The van der Waals surface area contributed by atoms with E-state index < -0.39 is 0 Å². The van der Waals surface area contributed by atoms with Crippen molar-refractivity contribution in [2.24, 2.45) is 0 Å². The summed E-state index contributed by atoms with van der Waals surface area (Å²) in [5, 5.41) is 10.7. The molecule has 2 heterocycles. The maximum Gasteiger partial charge on any atom is 0.124 e. The van der Waals surface area contributed by atoms with Gasteiger partial charge in [0.05, 0.1) is 12.8 Å². The topological polar surface area (TPSA) is 49.9 Å². The zero-order valence-electron chi connectivity index (χ0n) is 12.1. The average Bonchev–Trinajstić information content (AvgIpc) is 2.73. The number of aryl methyl sites for hydroxylation is 2. The van der Waals surface area contributed by atoms with Crippen molar-refractivity contribution in [3.8, 4) is 5.75 Å². The van der Waals surface area contributed by atoms with E-state index in [9.17, 15) is 0 Å². The standard InChI is InChI=1S/C16H21N3O/c1-11-5-6-14-15(4-3-7-20-16(14)8-11)17-9-13-10-18-19-12(13)2/h5-6,8,10,15,17H,3-4,7,9H2,1-2H3,(H,18,19). The molecule has 0 bridgehead atoms. The van der Waals surface area contributed by atoms with Gasteiger partial charge in [0, 0.05) is 29.4 Å². The fraction of sp³-hybridized carbons (Fsp3) is 0.438. The van der Waals surface area contributed by atoms with Gasteiger partial charge in [-0.25, -0.2) is 0 Å². The molecule has 1 aromatic heterocycles. The third-order valence-corrected chi connectivity index (χ3v) is 3.91. The number of H-pyrrole nitrogens is 1.